The van der Waals surface area contributed by atoms with Crippen LogP contribution in [-0.4, -0.2) is 26.9 Å². The van der Waals surface area contributed by atoms with Crippen molar-refractivity contribution in [1.82, 2.24) is 0 Å². The number of rotatable bonds is 8. The predicted molar refractivity (Wildman–Crippen MR) is 112 cm³/mol. The molecular formula is C21H26N2O5S. The third kappa shape index (κ3) is 6.32. The van der Waals surface area contributed by atoms with Crippen LogP contribution in [-0.2, 0) is 24.3 Å². The van der Waals surface area contributed by atoms with E-state index in [1.54, 1.807) is 32.0 Å². The summed E-state index contributed by atoms with van der Waals surface area (Å²) >= 11 is 0. The van der Waals surface area contributed by atoms with Gasteiger partial charge < -0.3 is 10.1 Å². The van der Waals surface area contributed by atoms with Crippen LogP contribution in [0.3, 0.4) is 0 Å². The number of hydrogen-bond donors (Lipinski definition) is 2. The molecule has 29 heavy (non-hydrogen) atoms. The van der Waals surface area contributed by atoms with Crippen molar-refractivity contribution in [2.24, 2.45) is 0 Å². The quantitative estimate of drug-likeness (QED) is 0.637. The topological polar surface area (TPSA) is 102 Å². The van der Waals surface area contributed by atoms with Gasteiger partial charge in [-0.3, -0.25) is 14.3 Å². The summed E-state index contributed by atoms with van der Waals surface area (Å²) in [7, 11) is -3.85. The summed E-state index contributed by atoms with van der Waals surface area (Å²) < 4.78 is 33.2. The fourth-order valence-electron chi connectivity index (χ4n) is 2.77. The largest absolute Gasteiger partial charge is 0.466 e. The van der Waals surface area contributed by atoms with Crippen LogP contribution < -0.4 is 10.0 Å². The predicted octanol–water partition coefficient (Wildman–Crippen LogP) is 3.69. The molecule has 2 N–H and O–H groups in total. The molecule has 2 aromatic rings. The first-order valence-electron chi connectivity index (χ1n) is 9.28. The van der Waals surface area contributed by atoms with Gasteiger partial charge in [0.2, 0.25) is 5.91 Å². The Morgan fingerprint density at radius 1 is 0.966 bits per heavy atom. The summed E-state index contributed by atoms with van der Waals surface area (Å²) in [6.07, 6.45) is -0.0828. The highest BCUT2D eigenvalue weighted by molar-refractivity contribution is 7.92. The van der Waals surface area contributed by atoms with Crippen molar-refractivity contribution in [2.75, 3.05) is 16.6 Å². The third-order valence-corrected chi connectivity index (χ3v) is 5.76. The van der Waals surface area contributed by atoms with Crippen molar-refractivity contribution in [3.05, 3.63) is 53.1 Å². The number of carbonyl (C=O) groups is 2. The smallest absolute Gasteiger partial charge is 0.306 e. The van der Waals surface area contributed by atoms with Crippen LogP contribution in [0.15, 0.2) is 41.3 Å². The molecule has 0 radical (unpaired) electrons. The second kappa shape index (κ2) is 9.56. The molecule has 0 spiro atoms. The number of nitrogens with one attached hydrogen (secondary N) is 2. The molecule has 0 fully saturated rings. The summed E-state index contributed by atoms with van der Waals surface area (Å²) in [5.41, 5.74) is 3.24. The van der Waals surface area contributed by atoms with Gasteiger partial charge in [-0.25, -0.2) is 8.42 Å². The molecular weight excluding hydrogens is 392 g/mol. The fraction of sp³-hybridized carbons (Fsp3) is 0.333. The standard InChI is InChI=1S/C21H26N2O5S/c1-5-28-21(25)11-10-20(24)22-17-8-7-15(3)19(13-17)29(26,27)23-18-9-6-14(2)12-16(18)4/h6-9,12-13,23H,5,10-11H2,1-4H3,(H,22,24). The summed E-state index contributed by atoms with van der Waals surface area (Å²) in [6.45, 7) is 7.40. The molecule has 156 valence electrons. The molecule has 0 heterocycles. The van der Waals surface area contributed by atoms with E-state index in [1.165, 1.54) is 6.07 Å². The average molecular weight is 419 g/mol. The molecule has 0 saturated heterocycles. The van der Waals surface area contributed by atoms with E-state index in [1.807, 2.05) is 26.0 Å². The van der Waals surface area contributed by atoms with Gasteiger partial charge in [0, 0.05) is 12.1 Å². The lowest BCUT2D eigenvalue weighted by molar-refractivity contribution is -0.144. The normalized spacial score (nSPS) is 11.0. The van der Waals surface area contributed by atoms with Crippen LogP contribution in [0.1, 0.15) is 36.5 Å². The van der Waals surface area contributed by atoms with Gasteiger partial charge in [0.15, 0.2) is 0 Å². The van der Waals surface area contributed by atoms with Gasteiger partial charge in [-0.2, -0.15) is 0 Å². The Labute approximate surface area is 171 Å². The molecule has 0 aliphatic heterocycles. The van der Waals surface area contributed by atoms with Crippen molar-refractivity contribution in [2.45, 2.75) is 45.4 Å². The Morgan fingerprint density at radius 2 is 1.69 bits per heavy atom. The molecule has 0 atom stereocenters. The Bertz CT molecular complexity index is 1020. The number of sulfonamides is 1. The zero-order valence-corrected chi connectivity index (χ0v) is 17.9. The first kappa shape index (κ1) is 22.4. The minimum Gasteiger partial charge on any atom is -0.466 e. The highest BCUT2D eigenvalue weighted by Crippen LogP contribution is 2.25. The van der Waals surface area contributed by atoms with Gasteiger partial charge in [0.05, 0.1) is 23.6 Å². The first-order chi connectivity index (χ1) is 13.6. The summed E-state index contributed by atoms with van der Waals surface area (Å²) in [5, 5.41) is 2.62. The van der Waals surface area contributed by atoms with Crippen molar-refractivity contribution in [1.29, 1.82) is 0 Å². The lowest BCUT2D eigenvalue weighted by Gasteiger charge is -2.14. The van der Waals surface area contributed by atoms with Gasteiger partial charge in [0.1, 0.15) is 0 Å². The monoisotopic (exact) mass is 418 g/mol. The zero-order valence-electron chi connectivity index (χ0n) is 17.0. The lowest BCUT2D eigenvalue weighted by atomic mass is 10.1. The summed E-state index contributed by atoms with van der Waals surface area (Å²) in [6, 6.07) is 10.1. The molecule has 0 aliphatic carbocycles. The van der Waals surface area contributed by atoms with Crippen LogP contribution in [0, 0.1) is 20.8 Å². The van der Waals surface area contributed by atoms with Gasteiger partial charge in [-0.15, -0.1) is 0 Å². The maximum absolute atomic E-state index is 12.9. The molecule has 2 rings (SSSR count). The van der Waals surface area contributed by atoms with Crippen molar-refractivity contribution < 1.29 is 22.7 Å². The molecule has 1 amide bonds. The van der Waals surface area contributed by atoms with Crippen molar-refractivity contribution in [3.8, 4) is 0 Å². The van der Waals surface area contributed by atoms with E-state index in [2.05, 4.69) is 10.0 Å². The van der Waals surface area contributed by atoms with E-state index < -0.39 is 21.9 Å². The Kier molecular flexibility index (Phi) is 7.39. The molecule has 0 aliphatic rings. The van der Waals surface area contributed by atoms with Crippen LogP contribution in [0.2, 0.25) is 0 Å². The Balaban J connectivity index is 2.16. The van der Waals surface area contributed by atoms with Crippen LogP contribution in [0.5, 0.6) is 0 Å². The van der Waals surface area contributed by atoms with Crippen LogP contribution in [0.25, 0.3) is 0 Å². The Morgan fingerprint density at radius 3 is 2.34 bits per heavy atom. The van der Waals surface area contributed by atoms with Crippen molar-refractivity contribution >= 4 is 33.3 Å². The fourth-order valence-corrected chi connectivity index (χ4v) is 4.17. The Hall–Kier alpha value is -2.87. The zero-order chi connectivity index (χ0) is 21.6. The minimum atomic E-state index is -3.85. The molecule has 0 bridgehead atoms. The number of hydrogen-bond acceptors (Lipinski definition) is 5. The molecule has 0 unspecified atom stereocenters. The van der Waals surface area contributed by atoms with E-state index in [0.717, 1.165) is 11.1 Å². The average Bonchev–Trinajstić information content (AvgIpc) is 2.64. The molecule has 7 nitrogen and oxygen atoms in total. The molecule has 0 saturated carbocycles. The van der Waals surface area contributed by atoms with Crippen LogP contribution >= 0.6 is 0 Å². The number of amides is 1. The lowest BCUT2D eigenvalue weighted by Crippen LogP contribution is -2.17. The van der Waals surface area contributed by atoms with E-state index in [-0.39, 0.29) is 24.3 Å². The van der Waals surface area contributed by atoms with E-state index >= 15 is 0 Å². The number of ether oxygens (including phenoxy) is 1. The molecule has 0 aromatic heterocycles. The van der Waals surface area contributed by atoms with Gasteiger partial charge >= 0.3 is 5.97 Å². The van der Waals surface area contributed by atoms with E-state index in [4.69, 9.17) is 4.74 Å². The number of esters is 1. The van der Waals surface area contributed by atoms with Gasteiger partial charge in [-0.1, -0.05) is 23.8 Å². The third-order valence-electron chi connectivity index (χ3n) is 4.25. The summed E-state index contributed by atoms with van der Waals surface area (Å²) in [5.74, 6) is -0.847. The second-order valence-electron chi connectivity index (χ2n) is 6.76. The second-order valence-corrected chi connectivity index (χ2v) is 8.41. The van der Waals surface area contributed by atoms with E-state index in [0.29, 0.717) is 16.9 Å². The molecule has 2 aromatic carbocycles. The SMILES string of the molecule is CCOC(=O)CCC(=O)Nc1ccc(C)c(S(=O)(=O)Nc2ccc(C)cc2C)c1. The number of anilines is 2. The first-order valence-corrected chi connectivity index (χ1v) is 10.8. The maximum Gasteiger partial charge on any atom is 0.306 e. The van der Waals surface area contributed by atoms with E-state index in [9.17, 15) is 18.0 Å². The molecule has 8 heteroatoms. The number of benzene rings is 2. The van der Waals surface area contributed by atoms with Crippen LogP contribution in [0.4, 0.5) is 11.4 Å². The van der Waals surface area contributed by atoms with Crippen molar-refractivity contribution in [3.63, 3.8) is 0 Å². The highest BCUT2D eigenvalue weighted by Gasteiger charge is 2.19. The number of aryl methyl sites for hydroxylation is 3. The minimum absolute atomic E-state index is 0.0368. The maximum atomic E-state index is 12.9. The number of carbonyl (C=O) groups excluding carboxylic acids is 2. The summed E-state index contributed by atoms with van der Waals surface area (Å²) in [4.78, 5) is 23.5. The highest BCUT2D eigenvalue weighted by atomic mass is 32.2. The van der Waals surface area contributed by atoms with Gasteiger partial charge in [0.25, 0.3) is 10.0 Å². The van der Waals surface area contributed by atoms with Gasteiger partial charge in [-0.05, 0) is 57.0 Å².